The molecule has 0 aliphatic heterocycles. The summed E-state index contributed by atoms with van der Waals surface area (Å²) in [4.78, 5) is 8.12. The molecule has 4 heteroatoms. The van der Waals surface area contributed by atoms with Crippen molar-refractivity contribution in [3.8, 4) is 5.88 Å². The molecule has 0 spiro atoms. The lowest BCUT2D eigenvalue weighted by Crippen LogP contribution is -2.17. The summed E-state index contributed by atoms with van der Waals surface area (Å²) < 4.78 is 5.02. The first kappa shape index (κ1) is 10.7. The van der Waals surface area contributed by atoms with E-state index in [1.807, 2.05) is 19.2 Å². The second kappa shape index (κ2) is 5.34. The molecule has 0 aliphatic rings. The minimum absolute atomic E-state index is 0.171. The first-order chi connectivity index (χ1) is 6.81. The maximum absolute atomic E-state index is 5.02. The number of aromatic nitrogens is 2. The highest BCUT2D eigenvalue weighted by Crippen LogP contribution is 2.16. The van der Waals surface area contributed by atoms with Crippen LogP contribution in [0.25, 0.3) is 0 Å². The lowest BCUT2D eigenvalue weighted by atomic mass is 10.1. The fraction of sp³-hybridized carbons (Fsp3) is 0.400. The largest absolute Gasteiger partial charge is 0.481 e. The van der Waals surface area contributed by atoms with E-state index in [1.54, 1.807) is 7.11 Å². The summed E-state index contributed by atoms with van der Waals surface area (Å²) in [5, 5.41) is 3.15. The van der Waals surface area contributed by atoms with Crippen molar-refractivity contribution in [2.75, 3.05) is 14.2 Å². The van der Waals surface area contributed by atoms with Gasteiger partial charge in [0.1, 0.15) is 6.33 Å². The van der Waals surface area contributed by atoms with Crippen LogP contribution in [0.15, 0.2) is 25.0 Å². The molecular weight excluding hydrogens is 178 g/mol. The zero-order valence-corrected chi connectivity index (χ0v) is 8.53. The number of methoxy groups -OCH3 is 1. The summed E-state index contributed by atoms with van der Waals surface area (Å²) in [5.74, 6) is 0.583. The van der Waals surface area contributed by atoms with Gasteiger partial charge in [0.05, 0.1) is 18.8 Å². The molecule has 76 valence electrons. The van der Waals surface area contributed by atoms with E-state index in [4.69, 9.17) is 4.74 Å². The van der Waals surface area contributed by atoms with E-state index >= 15 is 0 Å². The van der Waals surface area contributed by atoms with Crippen molar-refractivity contribution < 1.29 is 4.74 Å². The maximum atomic E-state index is 5.02. The second-order valence-corrected chi connectivity index (χ2v) is 2.85. The van der Waals surface area contributed by atoms with Crippen molar-refractivity contribution in [2.45, 2.75) is 12.5 Å². The average molecular weight is 193 g/mol. The van der Waals surface area contributed by atoms with Crippen LogP contribution >= 0.6 is 0 Å². The smallest absolute Gasteiger partial charge is 0.216 e. The molecule has 0 bridgehead atoms. The fourth-order valence-corrected chi connectivity index (χ4v) is 1.21. The van der Waals surface area contributed by atoms with Gasteiger partial charge in [-0.1, -0.05) is 6.08 Å². The molecular formula is C10H15N3O. The van der Waals surface area contributed by atoms with Gasteiger partial charge < -0.3 is 10.1 Å². The number of ether oxygens (including phenoxy) is 1. The standard InChI is InChI=1S/C10H15N3O/c1-4-5-8(11-2)9-6-10(14-3)13-7-12-9/h4,6-8,11H,1,5H2,2-3H3. The predicted octanol–water partition coefficient (Wildman–Crippen LogP) is 1.32. The molecule has 1 aromatic rings. The van der Waals surface area contributed by atoms with Crippen molar-refractivity contribution in [1.29, 1.82) is 0 Å². The average Bonchev–Trinajstić information content (AvgIpc) is 2.26. The molecule has 0 aliphatic carbocycles. The predicted molar refractivity (Wildman–Crippen MR) is 55.2 cm³/mol. The Labute approximate surface area is 84.0 Å². The Bertz CT molecular complexity index is 301. The van der Waals surface area contributed by atoms with Crippen LogP contribution in [0, 0.1) is 0 Å². The quantitative estimate of drug-likeness (QED) is 0.716. The van der Waals surface area contributed by atoms with E-state index in [1.165, 1.54) is 6.33 Å². The SMILES string of the molecule is C=CCC(NC)c1cc(OC)ncn1. The van der Waals surface area contributed by atoms with E-state index in [0.29, 0.717) is 5.88 Å². The number of rotatable bonds is 5. The fourth-order valence-electron chi connectivity index (χ4n) is 1.21. The zero-order valence-electron chi connectivity index (χ0n) is 8.53. The van der Waals surface area contributed by atoms with Gasteiger partial charge in [-0.15, -0.1) is 6.58 Å². The van der Waals surface area contributed by atoms with Gasteiger partial charge >= 0.3 is 0 Å². The van der Waals surface area contributed by atoms with Crippen LogP contribution in [0.4, 0.5) is 0 Å². The molecule has 1 aromatic heterocycles. The molecule has 0 amide bonds. The second-order valence-electron chi connectivity index (χ2n) is 2.85. The Morgan fingerprint density at radius 3 is 3.00 bits per heavy atom. The topological polar surface area (TPSA) is 47.0 Å². The van der Waals surface area contributed by atoms with Crippen molar-refractivity contribution in [1.82, 2.24) is 15.3 Å². The van der Waals surface area contributed by atoms with Crippen LogP contribution < -0.4 is 10.1 Å². The van der Waals surface area contributed by atoms with Crippen LogP contribution in [0.5, 0.6) is 5.88 Å². The molecule has 0 aromatic carbocycles. The van der Waals surface area contributed by atoms with Gasteiger partial charge in [0.2, 0.25) is 5.88 Å². The highest BCUT2D eigenvalue weighted by atomic mass is 16.5. The summed E-state index contributed by atoms with van der Waals surface area (Å²) in [6.45, 7) is 3.70. The van der Waals surface area contributed by atoms with Gasteiger partial charge in [0, 0.05) is 6.07 Å². The van der Waals surface area contributed by atoms with E-state index in [0.717, 1.165) is 12.1 Å². The molecule has 0 saturated heterocycles. The van der Waals surface area contributed by atoms with Gasteiger partial charge in [0.15, 0.2) is 0 Å². The Hall–Kier alpha value is -1.42. The summed E-state index contributed by atoms with van der Waals surface area (Å²) in [7, 11) is 3.48. The van der Waals surface area contributed by atoms with Crippen molar-refractivity contribution in [2.24, 2.45) is 0 Å². The summed E-state index contributed by atoms with van der Waals surface area (Å²) in [5.41, 5.74) is 0.916. The lowest BCUT2D eigenvalue weighted by molar-refractivity contribution is 0.394. The number of nitrogens with one attached hydrogen (secondary N) is 1. The minimum atomic E-state index is 0.171. The van der Waals surface area contributed by atoms with E-state index in [-0.39, 0.29) is 6.04 Å². The summed E-state index contributed by atoms with van der Waals surface area (Å²) >= 11 is 0. The first-order valence-electron chi connectivity index (χ1n) is 4.46. The molecule has 4 nitrogen and oxygen atoms in total. The number of hydrogen-bond donors (Lipinski definition) is 1. The number of nitrogens with zero attached hydrogens (tertiary/aromatic N) is 2. The monoisotopic (exact) mass is 193 g/mol. The van der Waals surface area contributed by atoms with Gasteiger partial charge in [-0.3, -0.25) is 0 Å². The summed E-state index contributed by atoms with van der Waals surface area (Å²) in [6, 6.07) is 1.99. The zero-order chi connectivity index (χ0) is 10.4. The highest BCUT2D eigenvalue weighted by Gasteiger charge is 2.09. The Balaban J connectivity index is 2.85. The van der Waals surface area contributed by atoms with Gasteiger partial charge in [-0.25, -0.2) is 9.97 Å². The van der Waals surface area contributed by atoms with Gasteiger partial charge in [-0.2, -0.15) is 0 Å². The Morgan fingerprint density at radius 1 is 1.64 bits per heavy atom. The molecule has 0 saturated carbocycles. The molecule has 1 rings (SSSR count). The third-order valence-corrected chi connectivity index (χ3v) is 1.98. The Kier molecular flexibility index (Phi) is 4.07. The van der Waals surface area contributed by atoms with Crippen LogP contribution in [-0.2, 0) is 0 Å². The normalized spacial score (nSPS) is 12.1. The van der Waals surface area contributed by atoms with E-state index < -0.39 is 0 Å². The number of hydrogen-bond acceptors (Lipinski definition) is 4. The van der Waals surface area contributed by atoms with Crippen molar-refractivity contribution in [3.63, 3.8) is 0 Å². The third kappa shape index (κ3) is 2.53. The molecule has 0 fully saturated rings. The molecule has 1 heterocycles. The first-order valence-corrected chi connectivity index (χ1v) is 4.46. The third-order valence-electron chi connectivity index (χ3n) is 1.98. The van der Waals surface area contributed by atoms with Crippen LogP contribution in [-0.4, -0.2) is 24.1 Å². The lowest BCUT2D eigenvalue weighted by Gasteiger charge is -2.13. The van der Waals surface area contributed by atoms with Crippen molar-refractivity contribution >= 4 is 0 Å². The van der Waals surface area contributed by atoms with E-state index in [9.17, 15) is 0 Å². The van der Waals surface area contributed by atoms with Gasteiger partial charge in [0.25, 0.3) is 0 Å². The molecule has 1 N–H and O–H groups in total. The van der Waals surface area contributed by atoms with Crippen LogP contribution in [0.1, 0.15) is 18.2 Å². The minimum Gasteiger partial charge on any atom is -0.481 e. The molecule has 14 heavy (non-hydrogen) atoms. The summed E-state index contributed by atoms with van der Waals surface area (Å²) in [6.07, 6.45) is 4.19. The van der Waals surface area contributed by atoms with Gasteiger partial charge in [-0.05, 0) is 13.5 Å². The molecule has 1 atom stereocenters. The van der Waals surface area contributed by atoms with Crippen molar-refractivity contribution in [3.05, 3.63) is 30.7 Å². The molecule has 0 radical (unpaired) electrons. The Morgan fingerprint density at radius 2 is 2.43 bits per heavy atom. The van der Waals surface area contributed by atoms with Crippen LogP contribution in [0.3, 0.4) is 0 Å². The van der Waals surface area contributed by atoms with Crippen LogP contribution in [0.2, 0.25) is 0 Å². The maximum Gasteiger partial charge on any atom is 0.216 e. The molecule has 1 unspecified atom stereocenters. The highest BCUT2D eigenvalue weighted by molar-refractivity contribution is 5.17. The van der Waals surface area contributed by atoms with E-state index in [2.05, 4.69) is 21.9 Å².